The number of halogens is 1. The summed E-state index contributed by atoms with van der Waals surface area (Å²) < 4.78 is 12.7. The second kappa shape index (κ2) is 3.76. The molecule has 3 heteroatoms. The van der Waals surface area contributed by atoms with Gasteiger partial charge < -0.3 is 5.41 Å². The fraction of sp³-hybridized carbons (Fsp3) is 0.111. The lowest BCUT2D eigenvalue weighted by Gasteiger charge is -1.97. The molecule has 0 saturated carbocycles. The van der Waals surface area contributed by atoms with Gasteiger partial charge in [0, 0.05) is 24.1 Å². The molecule has 1 aromatic rings. The fourth-order valence-corrected chi connectivity index (χ4v) is 0.890. The van der Waals surface area contributed by atoms with Crippen LogP contribution in [0.15, 0.2) is 23.2 Å². The van der Waals surface area contributed by atoms with Crippen molar-refractivity contribution in [1.29, 1.82) is 5.41 Å². The zero-order valence-corrected chi connectivity index (χ0v) is 6.71. The van der Waals surface area contributed by atoms with Crippen molar-refractivity contribution in [2.45, 2.75) is 6.92 Å². The summed E-state index contributed by atoms with van der Waals surface area (Å²) in [5.41, 5.74) is 1.11. The maximum Gasteiger partial charge on any atom is 0.125 e. The van der Waals surface area contributed by atoms with E-state index in [1.165, 1.54) is 18.2 Å². The lowest BCUT2D eigenvalue weighted by molar-refractivity contribution is 0.628. The van der Waals surface area contributed by atoms with Crippen molar-refractivity contribution in [1.82, 2.24) is 0 Å². The Kier molecular flexibility index (Phi) is 2.69. The molecule has 0 atom stereocenters. The highest BCUT2D eigenvalue weighted by Crippen LogP contribution is 2.17. The van der Waals surface area contributed by atoms with E-state index in [1.807, 2.05) is 0 Å². The van der Waals surface area contributed by atoms with Gasteiger partial charge in [-0.05, 0) is 19.1 Å². The van der Waals surface area contributed by atoms with E-state index in [0.29, 0.717) is 11.3 Å². The van der Waals surface area contributed by atoms with E-state index in [2.05, 4.69) is 4.99 Å². The lowest BCUT2D eigenvalue weighted by Crippen LogP contribution is -1.82. The minimum Gasteiger partial charge on any atom is -0.308 e. The molecule has 0 saturated heterocycles. The molecule has 0 amide bonds. The van der Waals surface area contributed by atoms with Crippen molar-refractivity contribution in [3.8, 4) is 0 Å². The first-order valence-corrected chi connectivity index (χ1v) is 3.56. The maximum absolute atomic E-state index is 12.7. The first-order chi connectivity index (χ1) is 5.77. The van der Waals surface area contributed by atoms with Crippen molar-refractivity contribution in [3.63, 3.8) is 0 Å². The minimum absolute atomic E-state index is 0.332. The quantitative estimate of drug-likeness (QED) is 0.652. The molecule has 12 heavy (non-hydrogen) atoms. The average Bonchev–Trinajstić information content (AvgIpc) is 2.05. The Hall–Kier alpha value is -1.51. The first-order valence-electron chi connectivity index (χ1n) is 3.56. The van der Waals surface area contributed by atoms with Crippen LogP contribution in [0.25, 0.3) is 0 Å². The molecule has 1 rings (SSSR count). The molecule has 1 N–H and O–H groups in total. The van der Waals surface area contributed by atoms with Crippen molar-refractivity contribution < 1.29 is 4.39 Å². The summed E-state index contributed by atoms with van der Waals surface area (Å²) in [7, 11) is 0. The Morgan fingerprint density at radius 2 is 2.25 bits per heavy atom. The number of nitrogens with zero attached hydrogens (tertiary/aromatic N) is 1. The van der Waals surface area contributed by atoms with Gasteiger partial charge in [0.2, 0.25) is 0 Å². The van der Waals surface area contributed by atoms with Gasteiger partial charge in [-0.15, -0.1) is 0 Å². The van der Waals surface area contributed by atoms with Gasteiger partial charge in [-0.2, -0.15) is 0 Å². The van der Waals surface area contributed by atoms with Crippen LogP contribution in [0.2, 0.25) is 0 Å². The second-order valence-electron chi connectivity index (χ2n) is 2.23. The van der Waals surface area contributed by atoms with E-state index in [0.717, 1.165) is 6.21 Å². The molecule has 0 heterocycles. The van der Waals surface area contributed by atoms with Crippen molar-refractivity contribution >= 4 is 18.1 Å². The van der Waals surface area contributed by atoms with E-state index in [-0.39, 0.29) is 5.82 Å². The van der Waals surface area contributed by atoms with Crippen LogP contribution in [0.4, 0.5) is 10.1 Å². The molecular formula is C9H9FN2. The highest BCUT2D eigenvalue weighted by atomic mass is 19.1. The Morgan fingerprint density at radius 1 is 1.50 bits per heavy atom. The van der Waals surface area contributed by atoms with Crippen LogP contribution in [0.1, 0.15) is 12.5 Å². The summed E-state index contributed by atoms with van der Waals surface area (Å²) in [6.45, 7) is 1.75. The largest absolute Gasteiger partial charge is 0.308 e. The number of benzene rings is 1. The van der Waals surface area contributed by atoms with Gasteiger partial charge in [0.15, 0.2) is 0 Å². The standard InChI is InChI=1S/C9H9FN2/c1-2-12-9-5-8(10)4-3-7(9)6-11/h2-6,11H,1H3. The maximum atomic E-state index is 12.7. The smallest absolute Gasteiger partial charge is 0.125 e. The van der Waals surface area contributed by atoms with Crippen LogP contribution < -0.4 is 0 Å². The van der Waals surface area contributed by atoms with E-state index >= 15 is 0 Å². The Labute approximate surface area is 70.3 Å². The Morgan fingerprint density at radius 3 is 2.83 bits per heavy atom. The molecule has 0 spiro atoms. The molecule has 0 aromatic heterocycles. The number of aliphatic imine (C=N–C) groups is 1. The molecule has 0 unspecified atom stereocenters. The van der Waals surface area contributed by atoms with E-state index in [4.69, 9.17) is 5.41 Å². The third-order valence-electron chi connectivity index (χ3n) is 1.42. The molecule has 0 aliphatic rings. The van der Waals surface area contributed by atoms with Crippen LogP contribution in [-0.2, 0) is 0 Å². The summed E-state index contributed by atoms with van der Waals surface area (Å²) >= 11 is 0. The predicted octanol–water partition coefficient (Wildman–Crippen LogP) is 2.55. The Bertz CT molecular complexity index is 318. The van der Waals surface area contributed by atoms with Crippen LogP contribution >= 0.6 is 0 Å². The zero-order chi connectivity index (χ0) is 8.97. The number of hydrogen-bond acceptors (Lipinski definition) is 2. The highest BCUT2D eigenvalue weighted by Gasteiger charge is 1.98. The van der Waals surface area contributed by atoms with Gasteiger partial charge in [-0.3, -0.25) is 4.99 Å². The molecule has 0 fully saturated rings. The lowest BCUT2D eigenvalue weighted by atomic mass is 10.2. The summed E-state index contributed by atoms with van der Waals surface area (Å²) in [5.74, 6) is -0.332. The predicted molar refractivity (Wildman–Crippen MR) is 48.1 cm³/mol. The summed E-state index contributed by atoms with van der Waals surface area (Å²) in [5, 5.41) is 7.01. The summed E-state index contributed by atoms with van der Waals surface area (Å²) in [6.07, 6.45) is 2.73. The number of nitrogens with one attached hydrogen (secondary N) is 1. The van der Waals surface area contributed by atoms with Crippen LogP contribution in [0.3, 0.4) is 0 Å². The fourth-order valence-electron chi connectivity index (χ4n) is 0.890. The third-order valence-corrected chi connectivity index (χ3v) is 1.42. The van der Waals surface area contributed by atoms with Crippen LogP contribution in [0.5, 0.6) is 0 Å². The van der Waals surface area contributed by atoms with E-state index in [1.54, 1.807) is 13.1 Å². The average molecular weight is 164 g/mol. The van der Waals surface area contributed by atoms with E-state index in [9.17, 15) is 4.39 Å². The third kappa shape index (κ3) is 1.75. The van der Waals surface area contributed by atoms with Gasteiger partial charge in [0.05, 0.1) is 5.69 Å². The SMILES string of the molecule is CC=Nc1cc(F)ccc1C=N. The van der Waals surface area contributed by atoms with Gasteiger partial charge in [-0.1, -0.05) is 0 Å². The van der Waals surface area contributed by atoms with Crippen molar-refractivity contribution in [2.24, 2.45) is 4.99 Å². The second-order valence-corrected chi connectivity index (χ2v) is 2.23. The highest BCUT2D eigenvalue weighted by molar-refractivity contribution is 5.85. The molecule has 1 aromatic carbocycles. The van der Waals surface area contributed by atoms with Crippen LogP contribution in [-0.4, -0.2) is 12.4 Å². The van der Waals surface area contributed by atoms with Gasteiger partial charge in [0.1, 0.15) is 5.82 Å². The monoisotopic (exact) mass is 164 g/mol. The molecule has 2 nitrogen and oxygen atoms in total. The molecule has 0 bridgehead atoms. The molecule has 62 valence electrons. The molecule has 0 aliphatic heterocycles. The number of rotatable bonds is 2. The summed E-state index contributed by atoms with van der Waals surface area (Å²) in [4.78, 5) is 3.92. The first kappa shape index (κ1) is 8.59. The number of hydrogen-bond donors (Lipinski definition) is 1. The van der Waals surface area contributed by atoms with Crippen LogP contribution in [0, 0.1) is 11.2 Å². The van der Waals surface area contributed by atoms with Crippen molar-refractivity contribution in [2.75, 3.05) is 0 Å². The topological polar surface area (TPSA) is 36.2 Å². The zero-order valence-electron chi connectivity index (χ0n) is 6.71. The molecular weight excluding hydrogens is 155 g/mol. The van der Waals surface area contributed by atoms with Gasteiger partial charge in [-0.25, -0.2) is 4.39 Å². The van der Waals surface area contributed by atoms with Crippen molar-refractivity contribution in [3.05, 3.63) is 29.6 Å². The summed E-state index contributed by atoms with van der Waals surface area (Å²) in [6, 6.07) is 4.15. The minimum atomic E-state index is -0.332. The van der Waals surface area contributed by atoms with Gasteiger partial charge >= 0.3 is 0 Å². The Balaban J connectivity index is 3.20. The van der Waals surface area contributed by atoms with Gasteiger partial charge in [0.25, 0.3) is 0 Å². The molecule has 0 radical (unpaired) electrons. The molecule has 0 aliphatic carbocycles. The normalized spacial score (nSPS) is 10.5. The van der Waals surface area contributed by atoms with E-state index < -0.39 is 0 Å².